The van der Waals surface area contributed by atoms with Gasteiger partial charge in [0.25, 0.3) is 0 Å². The number of halogens is 2. The normalized spacial score (nSPS) is 12.4. The highest BCUT2D eigenvalue weighted by Gasteiger charge is 2.07. The molecule has 1 aromatic carbocycles. The molecule has 0 saturated carbocycles. The molecule has 1 N–H and O–H groups in total. The highest BCUT2D eigenvalue weighted by Crippen LogP contribution is 2.12. The minimum Gasteiger partial charge on any atom is -0.305 e. The fourth-order valence-electron chi connectivity index (χ4n) is 1.66. The molecule has 2 rings (SSSR count). The third-order valence-corrected chi connectivity index (χ3v) is 2.73. The van der Waals surface area contributed by atoms with Crippen LogP contribution in [0.3, 0.4) is 0 Å². The molecule has 0 aliphatic rings. The maximum atomic E-state index is 13.0. The summed E-state index contributed by atoms with van der Waals surface area (Å²) in [4.78, 5) is 4.23. The molecule has 0 aliphatic carbocycles. The van der Waals surface area contributed by atoms with Gasteiger partial charge in [-0.05, 0) is 36.8 Å². The minimum atomic E-state index is -0.823. The van der Waals surface area contributed by atoms with E-state index in [4.69, 9.17) is 0 Å². The number of pyridine rings is 1. The van der Waals surface area contributed by atoms with Gasteiger partial charge in [-0.2, -0.15) is 0 Å². The van der Waals surface area contributed by atoms with Crippen molar-refractivity contribution in [1.82, 2.24) is 10.3 Å². The quantitative estimate of drug-likeness (QED) is 0.898. The van der Waals surface area contributed by atoms with Gasteiger partial charge in [0.2, 0.25) is 0 Å². The number of benzene rings is 1. The van der Waals surface area contributed by atoms with Gasteiger partial charge < -0.3 is 5.32 Å². The van der Waals surface area contributed by atoms with E-state index < -0.39 is 11.6 Å². The maximum absolute atomic E-state index is 13.0. The molecule has 0 aliphatic heterocycles. The van der Waals surface area contributed by atoms with Crippen LogP contribution in [0.4, 0.5) is 8.78 Å². The Labute approximate surface area is 105 Å². The predicted octanol–water partition coefficient (Wildman–Crippen LogP) is 3.21. The number of aromatic nitrogens is 1. The molecule has 1 aromatic heterocycles. The Morgan fingerprint density at radius 1 is 1.17 bits per heavy atom. The highest BCUT2D eigenvalue weighted by molar-refractivity contribution is 5.18. The van der Waals surface area contributed by atoms with Crippen molar-refractivity contribution in [2.45, 2.75) is 19.5 Å². The lowest BCUT2D eigenvalue weighted by atomic mass is 10.1. The van der Waals surface area contributed by atoms with Crippen molar-refractivity contribution >= 4 is 0 Å². The second-order valence-electron chi connectivity index (χ2n) is 4.11. The van der Waals surface area contributed by atoms with Crippen LogP contribution in [0.1, 0.15) is 24.2 Å². The SMILES string of the molecule is CC(NCc1ccc(F)c(F)c1)c1ccccn1. The number of nitrogens with zero attached hydrogens (tertiary/aromatic N) is 1. The fraction of sp³-hybridized carbons (Fsp3) is 0.214. The van der Waals surface area contributed by atoms with Crippen molar-refractivity contribution in [3.05, 3.63) is 65.5 Å². The van der Waals surface area contributed by atoms with Gasteiger partial charge in [0.15, 0.2) is 11.6 Å². The fourth-order valence-corrected chi connectivity index (χ4v) is 1.66. The molecule has 0 fully saturated rings. The van der Waals surface area contributed by atoms with Crippen molar-refractivity contribution < 1.29 is 8.78 Å². The van der Waals surface area contributed by atoms with Crippen molar-refractivity contribution in [3.63, 3.8) is 0 Å². The van der Waals surface area contributed by atoms with E-state index in [-0.39, 0.29) is 6.04 Å². The minimum absolute atomic E-state index is 0.0549. The lowest BCUT2D eigenvalue weighted by Crippen LogP contribution is -2.19. The zero-order chi connectivity index (χ0) is 13.0. The molecule has 2 aromatic rings. The van der Waals surface area contributed by atoms with Gasteiger partial charge in [0.05, 0.1) is 5.69 Å². The Morgan fingerprint density at radius 3 is 2.67 bits per heavy atom. The molecule has 0 saturated heterocycles. The first-order valence-electron chi connectivity index (χ1n) is 5.75. The Balaban J connectivity index is 1.97. The van der Waals surface area contributed by atoms with Crippen LogP contribution in [0.2, 0.25) is 0 Å². The summed E-state index contributed by atoms with van der Waals surface area (Å²) in [6.45, 7) is 2.44. The number of hydrogen-bond donors (Lipinski definition) is 1. The van der Waals surface area contributed by atoms with E-state index in [1.807, 2.05) is 25.1 Å². The molecule has 0 radical (unpaired) electrons. The van der Waals surface area contributed by atoms with Crippen LogP contribution in [0.25, 0.3) is 0 Å². The largest absolute Gasteiger partial charge is 0.305 e. The van der Waals surface area contributed by atoms with E-state index in [2.05, 4.69) is 10.3 Å². The van der Waals surface area contributed by atoms with Crippen LogP contribution in [-0.2, 0) is 6.54 Å². The zero-order valence-electron chi connectivity index (χ0n) is 10.0. The van der Waals surface area contributed by atoms with E-state index in [1.165, 1.54) is 6.07 Å². The standard InChI is InChI=1S/C14H14F2N2/c1-10(14-4-2-3-7-17-14)18-9-11-5-6-12(15)13(16)8-11/h2-8,10,18H,9H2,1H3. The Bertz CT molecular complexity index is 514. The average Bonchev–Trinajstić information content (AvgIpc) is 2.41. The lowest BCUT2D eigenvalue weighted by molar-refractivity contribution is 0.503. The van der Waals surface area contributed by atoms with Gasteiger partial charge in [-0.15, -0.1) is 0 Å². The summed E-state index contributed by atoms with van der Waals surface area (Å²) in [5, 5.41) is 3.21. The summed E-state index contributed by atoms with van der Waals surface area (Å²) >= 11 is 0. The summed E-state index contributed by atoms with van der Waals surface area (Å²) in [6.07, 6.45) is 1.73. The number of hydrogen-bond acceptors (Lipinski definition) is 2. The molecule has 1 heterocycles. The monoisotopic (exact) mass is 248 g/mol. The third kappa shape index (κ3) is 3.11. The Kier molecular flexibility index (Phi) is 3.99. The first-order valence-corrected chi connectivity index (χ1v) is 5.75. The van der Waals surface area contributed by atoms with E-state index in [0.717, 1.165) is 11.8 Å². The van der Waals surface area contributed by atoms with Crippen molar-refractivity contribution in [2.75, 3.05) is 0 Å². The topological polar surface area (TPSA) is 24.9 Å². The summed E-state index contributed by atoms with van der Waals surface area (Å²) < 4.78 is 25.8. The smallest absolute Gasteiger partial charge is 0.159 e. The number of rotatable bonds is 4. The van der Waals surface area contributed by atoms with Crippen LogP contribution >= 0.6 is 0 Å². The zero-order valence-corrected chi connectivity index (χ0v) is 10.0. The molecule has 2 nitrogen and oxygen atoms in total. The molecule has 4 heteroatoms. The molecule has 0 spiro atoms. The molecule has 0 bridgehead atoms. The lowest BCUT2D eigenvalue weighted by Gasteiger charge is -2.13. The van der Waals surface area contributed by atoms with E-state index in [0.29, 0.717) is 12.1 Å². The summed E-state index contributed by atoms with van der Waals surface area (Å²) in [7, 11) is 0. The molecule has 18 heavy (non-hydrogen) atoms. The Morgan fingerprint density at radius 2 is 2.00 bits per heavy atom. The predicted molar refractivity (Wildman–Crippen MR) is 65.8 cm³/mol. The van der Waals surface area contributed by atoms with Crippen LogP contribution in [0, 0.1) is 11.6 Å². The Hall–Kier alpha value is -1.81. The maximum Gasteiger partial charge on any atom is 0.159 e. The van der Waals surface area contributed by atoms with Gasteiger partial charge in [0, 0.05) is 18.8 Å². The summed E-state index contributed by atoms with van der Waals surface area (Å²) in [6, 6.07) is 9.65. The summed E-state index contributed by atoms with van der Waals surface area (Å²) in [5.74, 6) is -1.64. The molecule has 1 unspecified atom stereocenters. The highest BCUT2D eigenvalue weighted by atomic mass is 19.2. The van der Waals surface area contributed by atoms with Gasteiger partial charge in [-0.1, -0.05) is 12.1 Å². The molecule has 94 valence electrons. The van der Waals surface area contributed by atoms with E-state index in [9.17, 15) is 8.78 Å². The van der Waals surface area contributed by atoms with Crippen LogP contribution in [0.15, 0.2) is 42.6 Å². The first-order chi connectivity index (χ1) is 8.66. The van der Waals surface area contributed by atoms with Gasteiger partial charge >= 0.3 is 0 Å². The molecule has 0 amide bonds. The first kappa shape index (κ1) is 12.6. The van der Waals surface area contributed by atoms with E-state index >= 15 is 0 Å². The molecular weight excluding hydrogens is 234 g/mol. The van der Waals surface area contributed by atoms with Crippen LogP contribution in [-0.4, -0.2) is 4.98 Å². The van der Waals surface area contributed by atoms with Crippen molar-refractivity contribution in [1.29, 1.82) is 0 Å². The molecular formula is C14H14F2N2. The second-order valence-corrected chi connectivity index (χ2v) is 4.11. The average molecular weight is 248 g/mol. The second kappa shape index (κ2) is 5.69. The van der Waals surface area contributed by atoms with Crippen molar-refractivity contribution in [2.24, 2.45) is 0 Å². The third-order valence-electron chi connectivity index (χ3n) is 2.73. The van der Waals surface area contributed by atoms with Crippen LogP contribution in [0.5, 0.6) is 0 Å². The van der Waals surface area contributed by atoms with Gasteiger partial charge in [-0.25, -0.2) is 8.78 Å². The van der Waals surface area contributed by atoms with Gasteiger partial charge in [0.1, 0.15) is 0 Å². The number of nitrogens with one attached hydrogen (secondary N) is 1. The molecule has 1 atom stereocenters. The van der Waals surface area contributed by atoms with E-state index in [1.54, 1.807) is 12.3 Å². The van der Waals surface area contributed by atoms with Gasteiger partial charge in [-0.3, -0.25) is 4.98 Å². The summed E-state index contributed by atoms with van der Waals surface area (Å²) in [5.41, 5.74) is 1.62. The van der Waals surface area contributed by atoms with Crippen LogP contribution < -0.4 is 5.32 Å². The van der Waals surface area contributed by atoms with Crippen molar-refractivity contribution in [3.8, 4) is 0 Å².